The Labute approximate surface area is 156 Å². The lowest BCUT2D eigenvalue weighted by molar-refractivity contribution is -0.907. The number of hydrogen-bond acceptors (Lipinski definition) is 3. The normalized spacial score (nSPS) is 14.9. The minimum Gasteiger partial charge on any atom is -0.454 e. The second kappa shape index (κ2) is 7.52. The van der Waals surface area contributed by atoms with Gasteiger partial charge in [-0.1, -0.05) is 35.3 Å². The zero-order chi connectivity index (χ0) is 18.0. The first-order valence-corrected chi connectivity index (χ1v) is 8.67. The van der Waals surface area contributed by atoms with Crippen molar-refractivity contribution in [2.45, 2.75) is 19.5 Å². The van der Waals surface area contributed by atoms with Crippen LogP contribution in [0.4, 0.5) is 5.69 Å². The van der Waals surface area contributed by atoms with E-state index < -0.39 is 0 Å². The lowest BCUT2D eigenvalue weighted by Crippen LogP contribution is -3.12. The fourth-order valence-corrected chi connectivity index (χ4v) is 2.97. The maximum Gasteiger partial charge on any atom is 0.282 e. The van der Waals surface area contributed by atoms with Crippen molar-refractivity contribution in [2.24, 2.45) is 0 Å². The average Bonchev–Trinajstić information content (AvgIpc) is 3.06. The van der Waals surface area contributed by atoms with Crippen molar-refractivity contribution in [3.63, 3.8) is 0 Å². The molecule has 2 aromatic carbocycles. The summed E-state index contributed by atoms with van der Waals surface area (Å²) in [5.41, 5.74) is 1.59. The van der Waals surface area contributed by atoms with Crippen LogP contribution in [0, 0.1) is 0 Å². The molecule has 1 heterocycles. The summed E-state index contributed by atoms with van der Waals surface area (Å²) in [5, 5.41) is 3.96. The van der Waals surface area contributed by atoms with Crippen LogP contribution in [-0.2, 0) is 11.3 Å². The van der Waals surface area contributed by atoms with Crippen molar-refractivity contribution >= 4 is 34.8 Å². The number of carbonyl (C=O) groups is 1. The van der Waals surface area contributed by atoms with Gasteiger partial charge in [-0.05, 0) is 25.1 Å². The maximum absolute atomic E-state index is 12.5. The third-order valence-corrected chi connectivity index (χ3v) is 5.13. The molecule has 0 aromatic heterocycles. The summed E-state index contributed by atoms with van der Waals surface area (Å²) >= 11 is 12.3. The van der Waals surface area contributed by atoms with E-state index in [1.165, 1.54) is 0 Å². The zero-order valence-corrected chi connectivity index (χ0v) is 15.4. The second-order valence-electron chi connectivity index (χ2n) is 6.02. The highest BCUT2D eigenvalue weighted by molar-refractivity contribution is 6.42. The fraction of sp³-hybridized carbons (Fsp3) is 0.278. The van der Waals surface area contributed by atoms with Crippen molar-refractivity contribution in [1.29, 1.82) is 0 Å². The van der Waals surface area contributed by atoms with E-state index in [1.807, 2.05) is 26.1 Å². The van der Waals surface area contributed by atoms with Gasteiger partial charge in [-0.2, -0.15) is 0 Å². The van der Waals surface area contributed by atoms with Gasteiger partial charge < -0.3 is 19.7 Å². The van der Waals surface area contributed by atoms with Crippen LogP contribution in [0.15, 0.2) is 36.4 Å². The van der Waals surface area contributed by atoms with Crippen LogP contribution in [0.1, 0.15) is 12.5 Å². The van der Waals surface area contributed by atoms with E-state index in [-0.39, 0.29) is 18.7 Å². The molecule has 0 saturated carbocycles. The molecule has 0 spiro atoms. The highest BCUT2D eigenvalue weighted by atomic mass is 35.5. The van der Waals surface area contributed by atoms with E-state index >= 15 is 0 Å². The summed E-state index contributed by atoms with van der Waals surface area (Å²) in [6.07, 6.45) is 0. The molecular formula is C18H19Cl2N2O3+. The summed E-state index contributed by atoms with van der Waals surface area (Å²) in [6.45, 7) is 2.67. The molecule has 0 fully saturated rings. The number of halogens is 2. The minimum absolute atomic E-state index is 0.0884. The molecule has 2 N–H and O–H groups in total. The molecule has 1 amide bonds. The molecule has 0 aliphatic carbocycles. The number of benzene rings is 2. The molecule has 132 valence electrons. The highest BCUT2D eigenvalue weighted by Gasteiger charge is 2.24. The van der Waals surface area contributed by atoms with Gasteiger partial charge in [-0.25, -0.2) is 0 Å². The van der Waals surface area contributed by atoms with Crippen molar-refractivity contribution in [3.05, 3.63) is 52.0 Å². The number of hydrogen-bond donors (Lipinski definition) is 2. The number of fused-ring (bicyclic) bond motifs is 1. The molecule has 0 bridgehead atoms. The number of ether oxygens (including phenoxy) is 2. The second-order valence-corrected chi connectivity index (χ2v) is 6.80. The van der Waals surface area contributed by atoms with E-state index in [1.54, 1.807) is 24.3 Å². The molecule has 7 heteroatoms. The van der Waals surface area contributed by atoms with Crippen molar-refractivity contribution in [1.82, 2.24) is 0 Å². The Morgan fingerprint density at radius 3 is 2.80 bits per heavy atom. The summed E-state index contributed by atoms with van der Waals surface area (Å²) in [7, 11) is 1.95. The van der Waals surface area contributed by atoms with E-state index in [9.17, 15) is 4.79 Å². The largest absolute Gasteiger partial charge is 0.454 e. The first-order chi connectivity index (χ1) is 12.0. The van der Waals surface area contributed by atoms with Crippen LogP contribution in [0.3, 0.4) is 0 Å². The number of quaternary nitrogens is 1. The summed E-state index contributed by atoms with van der Waals surface area (Å²) in [5.74, 6) is 1.23. The van der Waals surface area contributed by atoms with Crippen LogP contribution in [0.25, 0.3) is 0 Å². The number of likely N-dealkylation sites (N-methyl/N-ethyl adjacent to an activating group) is 1. The SMILES string of the molecule is C[C@H](C(=O)Nc1ccc2c(c1)OCO2)[NH+](C)Cc1cccc(Cl)c1Cl. The van der Waals surface area contributed by atoms with E-state index in [0.717, 1.165) is 10.5 Å². The maximum atomic E-state index is 12.5. The molecule has 2 atom stereocenters. The molecule has 3 rings (SSSR count). The predicted octanol–water partition coefficient (Wildman–Crippen LogP) is 2.76. The van der Waals surface area contributed by atoms with Gasteiger partial charge in [0.05, 0.1) is 17.1 Å². The van der Waals surface area contributed by atoms with Crippen molar-refractivity contribution in [3.8, 4) is 11.5 Å². The van der Waals surface area contributed by atoms with Crippen molar-refractivity contribution in [2.75, 3.05) is 19.2 Å². The Morgan fingerprint density at radius 2 is 2.00 bits per heavy atom. The van der Waals surface area contributed by atoms with Gasteiger partial charge in [-0.3, -0.25) is 4.79 Å². The Kier molecular flexibility index (Phi) is 5.37. The molecule has 1 aliphatic rings. The van der Waals surface area contributed by atoms with Crippen LogP contribution in [0.5, 0.6) is 11.5 Å². The van der Waals surface area contributed by atoms with Gasteiger partial charge in [0.15, 0.2) is 17.5 Å². The molecule has 1 aliphatic heterocycles. The van der Waals surface area contributed by atoms with Crippen LogP contribution < -0.4 is 19.7 Å². The molecule has 25 heavy (non-hydrogen) atoms. The number of rotatable bonds is 5. The highest BCUT2D eigenvalue weighted by Crippen LogP contribution is 2.34. The molecule has 0 saturated heterocycles. The number of nitrogens with one attached hydrogen (secondary N) is 2. The quantitative estimate of drug-likeness (QED) is 0.836. The van der Waals surface area contributed by atoms with Crippen LogP contribution in [-0.4, -0.2) is 25.8 Å². The fourth-order valence-electron chi connectivity index (χ4n) is 2.59. The molecule has 0 radical (unpaired) electrons. The summed E-state index contributed by atoms with van der Waals surface area (Å²) < 4.78 is 10.6. The van der Waals surface area contributed by atoms with Crippen molar-refractivity contribution < 1.29 is 19.2 Å². The van der Waals surface area contributed by atoms with E-state index in [2.05, 4.69) is 5.32 Å². The third-order valence-electron chi connectivity index (χ3n) is 4.27. The summed E-state index contributed by atoms with van der Waals surface area (Å²) in [6, 6.07) is 10.6. The number of anilines is 1. The predicted molar refractivity (Wildman–Crippen MR) is 97.7 cm³/mol. The van der Waals surface area contributed by atoms with Crippen LogP contribution >= 0.6 is 23.2 Å². The molecule has 2 aromatic rings. The standard InChI is InChI=1S/C18H18Cl2N2O3/c1-11(22(2)9-12-4-3-5-14(19)17(12)20)18(23)21-13-6-7-15-16(8-13)25-10-24-15/h3-8,11H,9-10H2,1-2H3,(H,21,23)/p+1/t11-/m1/s1. The zero-order valence-electron chi connectivity index (χ0n) is 13.9. The lowest BCUT2D eigenvalue weighted by atomic mass is 10.1. The van der Waals surface area contributed by atoms with Gasteiger partial charge in [0, 0.05) is 17.3 Å². The first kappa shape index (κ1) is 17.9. The Hall–Kier alpha value is -1.95. The monoisotopic (exact) mass is 381 g/mol. The topological polar surface area (TPSA) is 52.0 Å². The van der Waals surface area contributed by atoms with Gasteiger partial charge >= 0.3 is 0 Å². The van der Waals surface area contributed by atoms with Crippen LogP contribution in [0.2, 0.25) is 10.0 Å². The Bertz CT molecular complexity index is 798. The third kappa shape index (κ3) is 4.00. The molecule has 5 nitrogen and oxygen atoms in total. The molecular weight excluding hydrogens is 363 g/mol. The van der Waals surface area contributed by atoms with E-state index in [0.29, 0.717) is 33.8 Å². The molecule has 1 unspecified atom stereocenters. The lowest BCUT2D eigenvalue weighted by Gasteiger charge is -2.21. The van der Waals surface area contributed by atoms with E-state index in [4.69, 9.17) is 32.7 Å². The van der Waals surface area contributed by atoms with Gasteiger partial charge in [0.25, 0.3) is 5.91 Å². The minimum atomic E-state index is -0.277. The smallest absolute Gasteiger partial charge is 0.282 e. The van der Waals surface area contributed by atoms with Gasteiger partial charge in [0.2, 0.25) is 6.79 Å². The number of amides is 1. The van der Waals surface area contributed by atoms with Gasteiger partial charge in [-0.15, -0.1) is 0 Å². The summed E-state index contributed by atoms with van der Waals surface area (Å²) in [4.78, 5) is 13.5. The number of carbonyl (C=O) groups excluding carboxylic acids is 1. The Morgan fingerprint density at radius 1 is 1.24 bits per heavy atom. The average molecular weight is 382 g/mol. The first-order valence-electron chi connectivity index (χ1n) is 7.91. The Balaban J connectivity index is 1.64. The van der Waals surface area contributed by atoms with Gasteiger partial charge in [0.1, 0.15) is 6.54 Å².